The summed E-state index contributed by atoms with van der Waals surface area (Å²) in [5.74, 6) is 0.224. The molecule has 0 N–H and O–H groups in total. The van der Waals surface area contributed by atoms with Crippen molar-refractivity contribution in [1.82, 2.24) is 5.01 Å². The highest BCUT2D eigenvalue weighted by Crippen LogP contribution is 2.30. The van der Waals surface area contributed by atoms with Gasteiger partial charge in [0.2, 0.25) is 0 Å². The molecule has 0 saturated carbocycles. The highest BCUT2D eigenvalue weighted by atomic mass is 16.1. The smallest absolute Gasteiger partial charge is 0.167 e. The van der Waals surface area contributed by atoms with E-state index < -0.39 is 0 Å². The average Bonchev–Trinajstić information content (AvgIpc) is 2.56. The monoisotopic (exact) mass is 292 g/mol. The van der Waals surface area contributed by atoms with Crippen LogP contribution in [-0.2, 0) is 4.79 Å². The quantitative estimate of drug-likeness (QED) is 0.861. The third kappa shape index (κ3) is 2.62. The number of rotatable bonds is 3. The minimum Gasteiger partial charge on any atom is -0.294 e. The summed E-state index contributed by atoms with van der Waals surface area (Å²) in [6, 6.07) is 20.1. The molecule has 0 saturated heterocycles. The van der Waals surface area contributed by atoms with Crippen LogP contribution in [-0.4, -0.2) is 24.4 Å². The number of carbonyl (C=O) groups is 1. The van der Waals surface area contributed by atoms with Crippen LogP contribution < -0.4 is 5.01 Å². The number of nitrogens with zero attached hydrogens (tertiary/aromatic N) is 2. The summed E-state index contributed by atoms with van der Waals surface area (Å²) in [6.45, 7) is 2.74. The third-order valence-electron chi connectivity index (χ3n) is 4.13. The van der Waals surface area contributed by atoms with E-state index in [4.69, 9.17) is 0 Å². The van der Waals surface area contributed by atoms with Crippen LogP contribution >= 0.6 is 0 Å². The zero-order valence-corrected chi connectivity index (χ0v) is 13.0. The lowest BCUT2D eigenvalue weighted by Gasteiger charge is -2.39. The van der Waals surface area contributed by atoms with Crippen LogP contribution in [0.15, 0.2) is 66.4 Å². The molecule has 3 nitrogen and oxygen atoms in total. The van der Waals surface area contributed by atoms with Gasteiger partial charge >= 0.3 is 0 Å². The Labute approximate surface area is 131 Å². The molecular weight excluding hydrogens is 272 g/mol. The molecule has 0 amide bonds. The molecule has 0 unspecified atom stereocenters. The van der Waals surface area contributed by atoms with Crippen molar-refractivity contribution in [3.05, 3.63) is 71.9 Å². The molecule has 1 heterocycles. The molecule has 22 heavy (non-hydrogen) atoms. The van der Waals surface area contributed by atoms with Crippen LogP contribution in [0.1, 0.15) is 18.9 Å². The summed E-state index contributed by atoms with van der Waals surface area (Å²) < 4.78 is 0. The molecule has 3 rings (SSSR count). The number of allylic oxidation sites excluding steroid dienone is 2. The molecule has 0 aliphatic carbocycles. The van der Waals surface area contributed by atoms with Crippen LogP contribution in [0.2, 0.25) is 0 Å². The summed E-state index contributed by atoms with van der Waals surface area (Å²) >= 11 is 0. The van der Waals surface area contributed by atoms with Gasteiger partial charge in [0, 0.05) is 31.3 Å². The Balaban J connectivity index is 2.00. The van der Waals surface area contributed by atoms with Gasteiger partial charge in [0.15, 0.2) is 5.78 Å². The summed E-state index contributed by atoms with van der Waals surface area (Å²) in [5.41, 5.74) is 3.95. The summed E-state index contributed by atoms with van der Waals surface area (Å²) in [5, 5.41) is 4.30. The van der Waals surface area contributed by atoms with Gasteiger partial charge in [0.25, 0.3) is 0 Å². The molecule has 2 aromatic carbocycles. The first-order valence-electron chi connectivity index (χ1n) is 7.54. The number of para-hydroxylation sites is 1. The maximum absolute atomic E-state index is 12.4. The first-order chi connectivity index (χ1) is 10.7. The van der Waals surface area contributed by atoms with Gasteiger partial charge in [-0.15, -0.1) is 0 Å². The van der Waals surface area contributed by atoms with E-state index in [1.54, 1.807) is 0 Å². The fraction of sp³-hybridized carbons (Fsp3) is 0.211. The van der Waals surface area contributed by atoms with E-state index in [2.05, 4.69) is 22.2 Å². The number of ketones is 1. The lowest BCUT2D eigenvalue weighted by atomic mass is 9.95. The molecule has 0 aromatic heterocycles. The number of hydrazine groups is 1. The van der Waals surface area contributed by atoms with E-state index in [9.17, 15) is 4.79 Å². The van der Waals surface area contributed by atoms with Crippen molar-refractivity contribution in [3.63, 3.8) is 0 Å². The molecule has 0 bridgehead atoms. The molecule has 1 aliphatic rings. The standard InChI is InChI=1S/C19H20N2O/c1-15-19(16-9-5-3-6-10-16)18(22)13-14-21(15)20(2)17-11-7-4-8-12-17/h3-12H,13-14H2,1-2H3. The summed E-state index contributed by atoms with van der Waals surface area (Å²) in [4.78, 5) is 12.4. The normalized spacial score (nSPS) is 15.2. The van der Waals surface area contributed by atoms with Gasteiger partial charge in [0.1, 0.15) is 0 Å². The number of benzene rings is 2. The highest BCUT2D eigenvalue weighted by Gasteiger charge is 2.26. The summed E-state index contributed by atoms with van der Waals surface area (Å²) in [6.07, 6.45) is 0.540. The Kier molecular flexibility index (Phi) is 3.96. The minimum absolute atomic E-state index is 0.224. The van der Waals surface area contributed by atoms with Gasteiger partial charge in [-0.25, -0.2) is 0 Å². The van der Waals surface area contributed by atoms with E-state index >= 15 is 0 Å². The molecule has 0 atom stereocenters. The lowest BCUT2D eigenvalue weighted by molar-refractivity contribution is -0.114. The largest absolute Gasteiger partial charge is 0.294 e. The second kappa shape index (κ2) is 6.06. The van der Waals surface area contributed by atoms with E-state index in [0.29, 0.717) is 13.0 Å². The maximum Gasteiger partial charge on any atom is 0.167 e. The van der Waals surface area contributed by atoms with Gasteiger partial charge in [-0.1, -0.05) is 48.5 Å². The first kappa shape index (κ1) is 14.4. The van der Waals surface area contributed by atoms with Crippen molar-refractivity contribution in [2.24, 2.45) is 0 Å². The van der Waals surface area contributed by atoms with Crippen molar-refractivity contribution >= 4 is 17.0 Å². The Morgan fingerprint density at radius 2 is 1.55 bits per heavy atom. The third-order valence-corrected chi connectivity index (χ3v) is 4.13. The Bertz CT molecular complexity index is 692. The topological polar surface area (TPSA) is 23.6 Å². The number of Topliss-reactive ketones (excluding diaryl/α,β-unsaturated/α-hetero) is 1. The van der Waals surface area contributed by atoms with Gasteiger partial charge in [-0.2, -0.15) is 0 Å². The minimum atomic E-state index is 0.224. The van der Waals surface area contributed by atoms with Crippen molar-refractivity contribution in [3.8, 4) is 0 Å². The highest BCUT2D eigenvalue weighted by molar-refractivity contribution is 6.22. The molecule has 0 fully saturated rings. The van der Waals surface area contributed by atoms with Crippen LogP contribution in [0.4, 0.5) is 5.69 Å². The van der Waals surface area contributed by atoms with E-state index in [0.717, 1.165) is 22.5 Å². The van der Waals surface area contributed by atoms with Gasteiger partial charge < -0.3 is 0 Å². The zero-order chi connectivity index (χ0) is 15.5. The molecule has 1 aliphatic heterocycles. The number of carbonyl (C=O) groups excluding carboxylic acids is 1. The first-order valence-corrected chi connectivity index (χ1v) is 7.54. The van der Waals surface area contributed by atoms with Gasteiger partial charge in [0.05, 0.1) is 5.69 Å². The SMILES string of the molecule is CC1=C(c2ccccc2)C(=O)CCN1N(C)c1ccccc1. The molecule has 0 radical (unpaired) electrons. The lowest BCUT2D eigenvalue weighted by Crippen LogP contribution is -2.43. The molecule has 3 heteroatoms. The Morgan fingerprint density at radius 3 is 2.18 bits per heavy atom. The average molecular weight is 292 g/mol. The maximum atomic E-state index is 12.4. The van der Waals surface area contributed by atoms with Crippen molar-refractivity contribution in [2.75, 3.05) is 18.6 Å². The number of hydrogen-bond acceptors (Lipinski definition) is 3. The number of hydrogen-bond donors (Lipinski definition) is 0. The van der Waals surface area contributed by atoms with E-state index in [-0.39, 0.29) is 5.78 Å². The van der Waals surface area contributed by atoms with Crippen LogP contribution in [0.3, 0.4) is 0 Å². The Hall–Kier alpha value is -2.55. The molecule has 2 aromatic rings. The van der Waals surface area contributed by atoms with Gasteiger partial charge in [-0.3, -0.25) is 14.8 Å². The van der Waals surface area contributed by atoms with Crippen molar-refractivity contribution in [2.45, 2.75) is 13.3 Å². The van der Waals surface area contributed by atoms with Crippen LogP contribution in [0, 0.1) is 0 Å². The molecule has 112 valence electrons. The van der Waals surface area contributed by atoms with E-state index in [1.807, 2.05) is 62.5 Å². The van der Waals surface area contributed by atoms with Crippen molar-refractivity contribution < 1.29 is 4.79 Å². The predicted octanol–water partition coefficient (Wildman–Crippen LogP) is 3.74. The predicted molar refractivity (Wildman–Crippen MR) is 90.2 cm³/mol. The molecule has 0 spiro atoms. The van der Waals surface area contributed by atoms with Gasteiger partial charge in [-0.05, 0) is 24.6 Å². The zero-order valence-electron chi connectivity index (χ0n) is 13.0. The van der Waals surface area contributed by atoms with Crippen molar-refractivity contribution in [1.29, 1.82) is 0 Å². The Morgan fingerprint density at radius 1 is 0.955 bits per heavy atom. The summed E-state index contributed by atoms with van der Waals surface area (Å²) in [7, 11) is 2.04. The number of anilines is 1. The fourth-order valence-electron chi connectivity index (χ4n) is 2.96. The molecular formula is C19H20N2O. The second-order valence-corrected chi connectivity index (χ2v) is 5.48. The second-order valence-electron chi connectivity index (χ2n) is 5.48. The van der Waals surface area contributed by atoms with Crippen LogP contribution in [0.5, 0.6) is 0 Å². The van der Waals surface area contributed by atoms with Crippen LogP contribution in [0.25, 0.3) is 5.57 Å². The fourth-order valence-corrected chi connectivity index (χ4v) is 2.96. The van der Waals surface area contributed by atoms with E-state index in [1.165, 1.54) is 0 Å².